The van der Waals surface area contributed by atoms with Gasteiger partial charge in [0.05, 0.1) is 0 Å². The van der Waals surface area contributed by atoms with Crippen molar-refractivity contribution in [2.45, 2.75) is 76.3 Å². The summed E-state index contributed by atoms with van der Waals surface area (Å²) in [5, 5.41) is 21.3. The summed E-state index contributed by atoms with van der Waals surface area (Å²) >= 11 is 0. The van der Waals surface area contributed by atoms with Gasteiger partial charge in [0.15, 0.2) is 11.6 Å². The Morgan fingerprint density at radius 1 is 0.541 bits per heavy atom. The van der Waals surface area contributed by atoms with Gasteiger partial charge in [0.1, 0.15) is 0 Å². The Morgan fingerprint density at radius 3 is 1.30 bits per heavy atom. The van der Waals surface area contributed by atoms with E-state index in [0.717, 1.165) is 34.7 Å². The predicted molar refractivity (Wildman–Crippen MR) is 148 cm³/mol. The van der Waals surface area contributed by atoms with Crippen LogP contribution in [0.2, 0.25) is 0 Å². The van der Waals surface area contributed by atoms with Crippen molar-refractivity contribution in [3.8, 4) is 22.8 Å². The molecule has 2 aliphatic carbocycles. The van der Waals surface area contributed by atoms with Crippen LogP contribution in [0.3, 0.4) is 0 Å². The normalized spacial score (nSPS) is 16.2. The summed E-state index contributed by atoms with van der Waals surface area (Å²) in [6.45, 7) is 0. The molecule has 9 nitrogen and oxygen atoms in total. The quantitative estimate of drug-likeness (QED) is 0.270. The topological polar surface area (TPSA) is 139 Å². The Labute approximate surface area is 218 Å². The number of anilines is 2. The monoisotopic (exact) mass is 502 g/mol. The lowest BCUT2D eigenvalue weighted by Crippen LogP contribution is -2.22. The van der Waals surface area contributed by atoms with Crippen molar-refractivity contribution in [1.82, 2.24) is 30.4 Å². The predicted octanol–water partition coefficient (Wildman–Crippen LogP) is 5.61. The molecule has 0 amide bonds. The highest BCUT2D eigenvalue weighted by Gasteiger charge is 2.16. The Balaban J connectivity index is 0.000000168. The van der Waals surface area contributed by atoms with Crippen molar-refractivity contribution in [2.24, 2.45) is 0 Å². The molecule has 6 rings (SSSR count). The van der Waals surface area contributed by atoms with Crippen molar-refractivity contribution in [3.63, 3.8) is 0 Å². The van der Waals surface area contributed by atoms with E-state index in [4.69, 9.17) is 0 Å². The Bertz CT molecular complexity index is 1070. The van der Waals surface area contributed by atoms with Gasteiger partial charge < -0.3 is 16.1 Å². The highest BCUT2D eigenvalue weighted by molar-refractivity contribution is 5.56. The molecule has 2 aromatic carbocycles. The van der Waals surface area contributed by atoms with Gasteiger partial charge in [-0.25, -0.2) is 0 Å². The van der Waals surface area contributed by atoms with E-state index < -0.39 is 0 Å². The molecule has 2 heterocycles. The molecule has 6 N–H and O–H groups in total. The van der Waals surface area contributed by atoms with Gasteiger partial charge in [0.2, 0.25) is 11.9 Å². The van der Waals surface area contributed by atoms with Gasteiger partial charge in [0.25, 0.3) is 0 Å². The number of hydrogen-bond acceptors (Lipinski definition) is 6. The zero-order chi connectivity index (χ0) is 24.4. The summed E-state index contributed by atoms with van der Waals surface area (Å²) in [6, 6.07) is 21.2. The van der Waals surface area contributed by atoms with Crippen molar-refractivity contribution in [2.75, 3.05) is 10.6 Å². The molecule has 0 unspecified atom stereocenters. The van der Waals surface area contributed by atoms with Crippen LogP contribution in [0.4, 0.5) is 11.9 Å². The van der Waals surface area contributed by atoms with Crippen LogP contribution in [0.5, 0.6) is 0 Å². The zero-order valence-corrected chi connectivity index (χ0v) is 21.3. The first-order valence-electron chi connectivity index (χ1n) is 13.3. The molecular weight excluding hydrogens is 464 g/mol. The number of benzene rings is 2. The Kier molecular flexibility index (Phi) is 9.65. The molecule has 2 aromatic heterocycles. The van der Waals surface area contributed by atoms with Gasteiger partial charge in [-0.3, -0.25) is 10.2 Å². The molecule has 0 bridgehead atoms. The van der Waals surface area contributed by atoms with Crippen LogP contribution in [0, 0.1) is 0 Å². The molecule has 2 aliphatic rings. The summed E-state index contributed by atoms with van der Waals surface area (Å²) in [7, 11) is 0. The van der Waals surface area contributed by atoms with Crippen molar-refractivity contribution < 1.29 is 5.48 Å². The number of nitrogens with one attached hydrogen (secondary N) is 4. The molecule has 37 heavy (non-hydrogen) atoms. The lowest BCUT2D eigenvalue weighted by Gasteiger charge is -2.21. The number of aromatic nitrogens is 6. The third-order valence-corrected chi connectivity index (χ3v) is 6.94. The lowest BCUT2D eigenvalue weighted by molar-refractivity contribution is 0.461. The second-order valence-corrected chi connectivity index (χ2v) is 9.71. The summed E-state index contributed by atoms with van der Waals surface area (Å²) in [6.07, 6.45) is 12.9. The standard InChI is InChI=1S/2C14H18N4.H2O/c2*1-3-7-11(8-4-1)13-16-14(18-17-13)15-12-9-5-2-6-10-12;/h2*1,3-4,7-8,12H,2,5-6,9-10H2,(H2,15,16,17,18);1H2. The highest BCUT2D eigenvalue weighted by Crippen LogP contribution is 2.22. The minimum absolute atomic E-state index is 0. The van der Waals surface area contributed by atoms with Crippen LogP contribution >= 0.6 is 0 Å². The third kappa shape index (κ3) is 7.63. The van der Waals surface area contributed by atoms with Crippen molar-refractivity contribution in [1.29, 1.82) is 0 Å². The summed E-state index contributed by atoms with van der Waals surface area (Å²) in [4.78, 5) is 8.99. The largest absolute Gasteiger partial charge is 0.412 e. The van der Waals surface area contributed by atoms with E-state index in [-0.39, 0.29) is 5.48 Å². The van der Waals surface area contributed by atoms with Crippen LogP contribution in [0.25, 0.3) is 22.8 Å². The second-order valence-electron chi connectivity index (χ2n) is 9.71. The van der Waals surface area contributed by atoms with Crippen LogP contribution < -0.4 is 10.6 Å². The first kappa shape index (κ1) is 26.3. The van der Waals surface area contributed by atoms with Gasteiger partial charge in [0, 0.05) is 23.2 Å². The molecule has 9 heteroatoms. The Morgan fingerprint density at radius 2 is 0.919 bits per heavy atom. The van der Waals surface area contributed by atoms with E-state index in [1.807, 2.05) is 60.7 Å². The van der Waals surface area contributed by atoms with Gasteiger partial charge >= 0.3 is 0 Å². The van der Waals surface area contributed by atoms with Crippen LogP contribution in [-0.4, -0.2) is 47.9 Å². The molecule has 4 aromatic rings. The van der Waals surface area contributed by atoms with Crippen molar-refractivity contribution in [3.05, 3.63) is 60.7 Å². The average Bonchev–Trinajstić information content (AvgIpc) is 3.61. The minimum Gasteiger partial charge on any atom is -0.412 e. The van der Waals surface area contributed by atoms with E-state index in [9.17, 15) is 0 Å². The number of nitrogens with zero attached hydrogens (tertiary/aromatic N) is 4. The maximum atomic E-state index is 4.50. The van der Waals surface area contributed by atoms with Crippen LogP contribution in [-0.2, 0) is 0 Å². The zero-order valence-electron chi connectivity index (χ0n) is 21.3. The molecule has 0 saturated heterocycles. The molecule has 0 spiro atoms. The molecular formula is C28H38N8O. The highest BCUT2D eigenvalue weighted by atomic mass is 16.0. The molecule has 0 radical (unpaired) electrons. The number of H-pyrrole nitrogens is 2. The summed E-state index contributed by atoms with van der Waals surface area (Å²) in [5.74, 6) is 3.10. The minimum atomic E-state index is 0. The maximum Gasteiger partial charge on any atom is 0.242 e. The smallest absolute Gasteiger partial charge is 0.242 e. The first-order chi connectivity index (χ1) is 17.8. The van der Waals surface area contributed by atoms with E-state index >= 15 is 0 Å². The number of hydrogen-bond donors (Lipinski definition) is 4. The Hall–Kier alpha value is -3.72. The second kappa shape index (κ2) is 13.5. The van der Waals surface area contributed by atoms with Crippen LogP contribution in [0.1, 0.15) is 64.2 Å². The molecule has 196 valence electrons. The molecule has 2 fully saturated rings. The SMILES string of the molecule is O.c1ccc(-c2nc(NC3CCCCC3)n[nH]2)cc1.c1ccc(-c2nc(NC3CCCCC3)n[nH]2)cc1. The maximum absolute atomic E-state index is 4.50. The lowest BCUT2D eigenvalue weighted by atomic mass is 9.96. The molecule has 0 aliphatic heterocycles. The van der Waals surface area contributed by atoms with Crippen LogP contribution in [0.15, 0.2) is 60.7 Å². The molecule has 2 saturated carbocycles. The van der Waals surface area contributed by atoms with Gasteiger partial charge in [-0.2, -0.15) is 9.97 Å². The average molecular weight is 503 g/mol. The first-order valence-corrected chi connectivity index (χ1v) is 13.3. The summed E-state index contributed by atoms with van der Waals surface area (Å²) < 4.78 is 0. The fraction of sp³-hybridized carbons (Fsp3) is 0.429. The fourth-order valence-corrected chi connectivity index (χ4v) is 4.96. The van der Waals surface area contributed by atoms with E-state index in [1.165, 1.54) is 64.2 Å². The number of aromatic amines is 2. The van der Waals surface area contributed by atoms with Crippen molar-refractivity contribution >= 4 is 11.9 Å². The van der Waals surface area contributed by atoms with Gasteiger partial charge in [-0.05, 0) is 25.7 Å². The van der Waals surface area contributed by atoms with E-state index in [0.29, 0.717) is 12.1 Å². The summed E-state index contributed by atoms with van der Waals surface area (Å²) in [5.41, 5.74) is 2.14. The van der Waals surface area contributed by atoms with E-state index in [1.54, 1.807) is 0 Å². The van der Waals surface area contributed by atoms with E-state index in [2.05, 4.69) is 41.0 Å². The van der Waals surface area contributed by atoms with Gasteiger partial charge in [-0.15, -0.1) is 10.2 Å². The number of rotatable bonds is 6. The fourth-order valence-electron chi connectivity index (χ4n) is 4.96. The third-order valence-electron chi connectivity index (χ3n) is 6.94. The molecule has 0 atom stereocenters. The van der Waals surface area contributed by atoms with Gasteiger partial charge in [-0.1, -0.05) is 99.2 Å².